The number of hydrogen-bond donors (Lipinski definition) is 2. The van der Waals surface area contributed by atoms with Crippen molar-refractivity contribution in [2.45, 2.75) is 13.2 Å². The van der Waals surface area contributed by atoms with E-state index in [1.54, 1.807) is 7.11 Å². The number of ether oxygens (including phenoxy) is 2. The van der Waals surface area contributed by atoms with Crippen LogP contribution in [0.5, 0.6) is 11.5 Å². The minimum absolute atomic E-state index is 0.497. The Morgan fingerprint density at radius 1 is 0.846 bits per heavy atom. The second-order valence-electron chi connectivity index (χ2n) is 5.74. The highest BCUT2D eigenvalue weighted by Gasteiger charge is 2.06. The Balaban J connectivity index is 1.57. The molecule has 4 nitrogen and oxygen atoms in total. The molecule has 0 fully saturated rings. The van der Waals surface area contributed by atoms with Gasteiger partial charge in [-0.15, -0.1) is 0 Å². The molecule has 0 saturated heterocycles. The zero-order chi connectivity index (χ0) is 18.2. The standard InChI is InChI=1S/C21H21BrN2O2/c1-25-21-13-17(14-23-24-19-5-3-2-4-6-19)9-12-20(21)26-15-16-7-10-18(22)11-8-16/h2-13,23-24H,14-15H2,1H3. The maximum absolute atomic E-state index is 5.91. The smallest absolute Gasteiger partial charge is 0.161 e. The molecule has 0 aromatic heterocycles. The van der Waals surface area contributed by atoms with Crippen LogP contribution in [0, 0.1) is 0 Å². The Labute approximate surface area is 162 Å². The summed E-state index contributed by atoms with van der Waals surface area (Å²) in [6.07, 6.45) is 0. The third kappa shape index (κ3) is 5.25. The first-order valence-corrected chi connectivity index (χ1v) is 9.12. The van der Waals surface area contributed by atoms with E-state index in [2.05, 4.69) is 26.8 Å². The Kier molecular flexibility index (Phi) is 6.52. The molecule has 26 heavy (non-hydrogen) atoms. The first kappa shape index (κ1) is 18.3. The van der Waals surface area contributed by atoms with Crippen molar-refractivity contribution in [2.75, 3.05) is 12.5 Å². The van der Waals surface area contributed by atoms with Crippen LogP contribution in [-0.4, -0.2) is 7.11 Å². The van der Waals surface area contributed by atoms with Crippen LogP contribution in [0.4, 0.5) is 5.69 Å². The zero-order valence-electron chi connectivity index (χ0n) is 14.5. The summed E-state index contributed by atoms with van der Waals surface area (Å²) in [6, 6.07) is 24.0. The van der Waals surface area contributed by atoms with Gasteiger partial charge >= 0.3 is 0 Å². The number of rotatable bonds is 8. The van der Waals surface area contributed by atoms with Gasteiger partial charge in [0.15, 0.2) is 11.5 Å². The lowest BCUT2D eigenvalue weighted by molar-refractivity contribution is 0.284. The fraction of sp³-hybridized carbons (Fsp3) is 0.143. The van der Waals surface area contributed by atoms with Gasteiger partial charge in [0.05, 0.1) is 7.11 Å². The summed E-state index contributed by atoms with van der Waals surface area (Å²) >= 11 is 3.44. The topological polar surface area (TPSA) is 42.5 Å². The highest BCUT2D eigenvalue weighted by atomic mass is 79.9. The van der Waals surface area contributed by atoms with Crippen molar-refractivity contribution in [1.29, 1.82) is 0 Å². The number of nitrogens with one attached hydrogen (secondary N) is 2. The number of methoxy groups -OCH3 is 1. The van der Waals surface area contributed by atoms with Crippen LogP contribution in [0.1, 0.15) is 11.1 Å². The van der Waals surface area contributed by atoms with E-state index in [4.69, 9.17) is 9.47 Å². The van der Waals surface area contributed by atoms with Crippen molar-refractivity contribution in [2.24, 2.45) is 0 Å². The van der Waals surface area contributed by atoms with Crippen molar-refractivity contribution in [3.63, 3.8) is 0 Å². The molecule has 0 amide bonds. The van der Waals surface area contributed by atoms with E-state index in [0.717, 1.165) is 32.8 Å². The van der Waals surface area contributed by atoms with Gasteiger partial charge in [0.2, 0.25) is 0 Å². The second kappa shape index (κ2) is 9.27. The van der Waals surface area contributed by atoms with E-state index in [1.807, 2.05) is 72.8 Å². The van der Waals surface area contributed by atoms with Crippen molar-refractivity contribution in [3.05, 3.63) is 88.4 Å². The van der Waals surface area contributed by atoms with E-state index in [1.165, 1.54) is 0 Å². The first-order chi connectivity index (χ1) is 12.7. The molecule has 0 saturated carbocycles. The summed E-state index contributed by atoms with van der Waals surface area (Å²) in [7, 11) is 1.65. The second-order valence-corrected chi connectivity index (χ2v) is 6.66. The van der Waals surface area contributed by atoms with Gasteiger partial charge < -0.3 is 14.9 Å². The van der Waals surface area contributed by atoms with Gasteiger partial charge in [0.25, 0.3) is 0 Å². The predicted molar refractivity (Wildman–Crippen MR) is 108 cm³/mol. The summed E-state index contributed by atoms with van der Waals surface area (Å²) < 4.78 is 12.4. The molecular formula is C21H21BrN2O2. The molecule has 5 heteroatoms. The number of para-hydroxylation sites is 1. The largest absolute Gasteiger partial charge is 0.493 e. The average Bonchev–Trinajstić information content (AvgIpc) is 2.69. The monoisotopic (exact) mass is 412 g/mol. The maximum atomic E-state index is 5.91. The molecule has 3 rings (SSSR count). The molecule has 0 atom stereocenters. The summed E-state index contributed by atoms with van der Waals surface area (Å²) in [5.74, 6) is 1.45. The number of benzene rings is 3. The molecule has 134 valence electrons. The summed E-state index contributed by atoms with van der Waals surface area (Å²) in [6.45, 7) is 1.16. The SMILES string of the molecule is COc1cc(CNNc2ccccc2)ccc1OCc1ccc(Br)cc1. The average molecular weight is 413 g/mol. The molecule has 0 radical (unpaired) electrons. The van der Waals surface area contributed by atoms with E-state index in [-0.39, 0.29) is 0 Å². The predicted octanol–water partition coefficient (Wildman–Crippen LogP) is 5.15. The minimum Gasteiger partial charge on any atom is -0.493 e. The number of hydrazine groups is 1. The highest BCUT2D eigenvalue weighted by molar-refractivity contribution is 9.10. The summed E-state index contributed by atoms with van der Waals surface area (Å²) in [5.41, 5.74) is 9.60. The van der Waals surface area contributed by atoms with Crippen molar-refractivity contribution in [1.82, 2.24) is 5.43 Å². The van der Waals surface area contributed by atoms with Gasteiger partial charge in [-0.2, -0.15) is 0 Å². The molecule has 0 aliphatic carbocycles. The van der Waals surface area contributed by atoms with Crippen LogP contribution in [0.2, 0.25) is 0 Å². The van der Waals surface area contributed by atoms with Crippen LogP contribution >= 0.6 is 15.9 Å². The van der Waals surface area contributed by atoms with Gasteiger partial charge in [0, 0.05) is 16.7 Å². The molecule has 3 aromatic rings. The van der Waals surface area contributed by atoms with Gasteiger partial charge in [-0.3, -0.25) is 0 Å². The molecule has 0 aliphatic heterocycles. The number of halogens is 1. The molecular weight excluding hydrogens is 392 g/mol. The van der Waals surface area contributed by atoms with E-state index in [9.17, 15) is 0 Å². The molecule has 0 heterocycles. The van der Waals surface area contributed by atoms with Crippen LogP contribution in [0.25, 0.3) is 0 Å². The lowest BCUT2D eigenvalue weighted by Gasteiger charge is -2.13. The molecule has 0 bridgehead atoms. The molecule has 0 unspecified atom stereocenters. The number of hydrogen-bond acceptors (Lipinski definition) is 4. The van der Waals surface area contributed by atoms with E-state index in [0.29, 0.717) is 13.2 Å². The molecule has 0 aliphatic rings. The van der Waals surface area contributed by atoms with Crippen LogP contribution in [0.3, 0.4) is 0 Å². The first-order valence-electron chi connectivity index (χ1n) is 8.32. The highest BCUT2D eigenvalue weighted by Crippen LogP contribution is 2.29. The maximum Gasteiger partial charge on any atom is 0.161 e. The molecule has 2 N–H and O–H groups in total. The summed E-state index contributed by atoms with van der Waals surface area (Å²) in [5, 5.41) is 0. The summed E-state index contributed by atoms with van der Waals surface area (Å²) in [4.78, 5) is 0. The Hall–Kier alpha value is -2.50. The van der Waals surface area contributed by atoms with Gasteiger partial charge in [-0.05, 0) is 47.5 Å². The fourth-order valence-electron chi connectivity index (χ4n) is 2.45. The van der Waals surface area contributed by atoms with Crippen molar-refractivity contribution in [3.8, 4) is 11.5 Å². The lowest BCUT2D eigenvalue weighted by atomic mass is 10.2. The van der Waals surface area contributed by atoms with Crippen LogP contribution < -0.4 is 20.3 Å². The van der Waals surface area contributed by atoms with Crippen LogP contribution in [-0.2, 0) is 13.2 Å². The van der Waals surface area contributed by atoms with Gasteiger partial charge in [-0.1, -0.05) is 52.3 Å². The fourth-order valence-corrected chi connectivity index (χ4v) is 2.72. The minimum atomic E-state index is 0.497. The van der Waals surface area contributed by atoms with Gasteiger partial charge in [0.1, 0.15) is 6.61 Å². The van der Waals surface area contributed by atoms with E-state index < -0.39 is 0 Å². The lowest BCUT2D eigenvalue weighted by Crippen LogP contribution is -2.20. The normalized spacial score (nSPS) is 10.4. The molecule has 3 aromatic carbocycles. The number of anilines is 1. The Morgan fingerprint density at radius 3 is 2.31 bits per heavy atom. The quantitative estimate of drug-likeness (QED) is 0.501. The van der Waals surface area contributed by atoms with Crippen LogP contribution in [0.15, 0.2) is 77.3 Å². The Bertz CT molecular complexity index is 823. The van der Waals surface area contributed by atoms with Crippen molar-refractivity contribution >= 4 is 21.6 Å². The molecule has 0 spiro atoms. The van der Waals surface area contributed by atoms with Gasteiger partial charge in [-0.25, -0.2) is 5.43 Å². The third-order valence-corrected chi connectivity index (χ3v) is 4.36. The zero-order valence-corrected chi connectivity index (χ0v) is 16.1. The van der Waals surface area contributed by atoms with E-state index >= 15 is 0 Å². The Morgan fingerprint density at radius 2 is 1.58 bits per heavy atom. The third-order valence-electron chi connectivity index (χ3n) is 3.83. The van der Waals surface area contributed by atoms with Crippen molar-refractivity contribution < 1.29 is 9.47 Å².